The Morgan fingerprint density at radius 1 is 1.14 bits per heavy atom. The summed E-state index contributed by atoms with van der Waals surface area (Å²) in [4.78, 5) is 22.3. The van der Waals surface area contributed by atoms with Crippen molar-refractivity contribution in [2.75, 3.05) is 5.32 Å². The van der Waals surface area contributed by atoms with E-state index in [1.54, 1.807) is 36.4 Å². The maximum Gasteiger partial charge on any atom is 0.292 e. The number of carbonyl (C=O) groups excluding carboxylic acids is 1. The molecule has 0 spiro atoms. The highest BCUT2D eigenvalue weighted by atomic mass is 35.5. The molecule has 0 aliphatic carbocycles. The van der Waals surface area contributed by atoms with E-state index in [0.717, 1.165) is 0 Å². The van der Waals surface area contributed by atoms with Gasteiger partial charge in [-0.05, 0) is 42.5 Å². The van der Waals surface area contributed by atoms with Gasteiger partial charge in [-0.3, -0.25) is 20.2 Å². The fourth-order valence-electron chi connectivity index (χ4n) is 1.67. The summed E-state index contributed by atoms with van der Waals surface area (Å²) in [5.74, 6) is -0.437. The quantitative estimate of drug-likeness (QED) is 0.510. The smallest absolute Gasteiger partial charge is 0.292 e. The molecule has 1 amide bonds. The number of benzene rings is 2. The summed E-state index contributed by atoms with van der Waals surface area (Å²) in [7, 11) is 0. The zero-order valence-corrected chi connectivity index (χ0v) is 12.6. The van der Waals surface area contributed by atoms with Gasteiger partial charge in [-0.25, -0.2) is 0 Å². The highest BCUT2D eigenvalue weighted by Crippen LogP contribution is 2.22. The van der Waals surface area contributed by atoms with Crippen LogP contribution in [-0.4, -0.2) is 15.9 Å². The maximum absolute atomic E-state index is 12.0. The molecule has 2 aromatic carbocycles. The van der Waals surface area contributed by atoms with Crippen molar-refractivity contribution in [1.82, 2.24) is 5.32 Å². The number of hydrogen-bond donors (Lipinski definition) is 2. The lowest BCUT2D eigenvalue weighted by Crippen LogP contribution is -2.34. The first-order valence-corrected chi connectivity index (χ1v) is 6.87. The van der Waals surface area contributed by atoms with Gasteiger partial charge in [-0.15, -0.1) is 0 Å². The Kier molecular flexibility index (Phi) is 5.03. The number of carbonyl (C=O) groups is 1. The summed E-state index contributed by atoms with van der Waals surface area (Å²) in [6, 6.07) is 12.3. The van der Waals surface area contributed by atoms with Crippen molar-refractivity contribution in [2.24, 2.45) is 0 Å². The van der Waals surface area contributed by atoms with Crippen LogP contribution >= 0.6 is 23.8 Å². The summed E-state index contributed by atoms with van der Waals surface area (Å²) < 4.78 is 0. The van der Waals surface area contributed by atoms with E-state index >= 15 is 0 Å². The average molecular weight is 336 g/mol. The van der Waals surface area contributed by atoms with E-state index in [-0.39, 0.29) is 16.5 Å². The second kappa shape index (κ2) is 6.97. The molecule has 0 heterocycles. The van der Waals surface area contributed by atoms with E-state index in [2.05, 4.69) is 10.6 Å². The van der Waals surface area contributed by atoms with E-state index in [9.17, 15) is 14.9 Å². The Labute approximate surface area is 136 Å². The first-order valence-electron chi connectivity index (χ1n) is 6.08. The zero-order valence-electron chi connectivity index (χ0n) is 11.1. The number of nitrogens with one attached hydrogen (secondary N) is 2. The molecule has 0 saturated carbocycles. The molecule has 2 rings (SSSR count). The molecule has 22 heavy (non-hydrogen) atoms. The van der Waals surface area contributed by atoms with E-state index < -0.39 is 10.8 Å². The minimum Gasteiger partial charge on any atom is -0.327 e. The van der Waals surface area contributed by atoms with Crippen molar-refractivity contribution in [3.05, 3.63) is 69.2 Å². The van der Waals surface area contributed by atoms with Crippen LogP contribution in [0.25, 0.3) is 0 Å². The summed E-state index contributed by atoms with van der Waals surface area (Å²) in [5.41, 5.74) is 0.440. The fourth-order valence-corrected chi connectivity index (χ4v) is 2.00. The van der Waals surface area contributed by atoms with Gasteiger partial charge in [0.15, 0.2) is 5.11 Å². The normalized spacial score (nSPS) is 9.86. The third kappa shape index (κ3) is 4.00. The van der Waals surface area contributed by atoms with E-state index in [4.69, 9.17) is 23.8 Å². The molecule has 0 aromatic heterocycles. The van der Waals surface area contributed by atoms with E-state index in [0.29, 0.717) is 10.6 Å². The van der Waals surface area contributed by atoms with Gasteiger partial charge in [0.2, 0.25) is 0 Å². The van der Waals surface area contributed by atoms with Crippen LogP contribution in [0, 0.1) is 10.1 Å². The number of hydrogen-bond acceptors (Lipinski definition) is 4. The Morgan fingerprint density at radius 3 is 2.41 bits per heavy atom. The van der Waals surface area contributed by atoms with Crippen LogP contribution in [0.4, 0.5) is 11.4 Å². The third-order valence-electron chi connectivity index (χ3n) is 2.68. The summed E-state index contributed by atoms with van der Waals surface area (Å²) in [6.45, 7) is 0. The predicted octanol–water partition coefficient (Wildman–Crippen LogP) is 3.38. The standard InChI is InChI=1S/C14H10ClN3O3S/c15-10-7-5-9(6-8-10)13(19)17-14(22)16-11-3-1-2-4-12(11)18(20)21/h1-8H,(H2,16,17,19,22). The van der Waals surface area contributed by atoms with Crippen LogP contribution in [0.1, 0.15) is 10.4 Å². The molecule has 6 nitrogen and oxygen atoms in total. The van der Waals surface area contributed by atoms with Gasteiger partial charge >= 0.3 is 0 Å². The molecule has 0 saturated heterocycles. The van der Waals surface area contributed by atoms with Crippen molar-refractivity contribution >= 4 is 46.2 Å². The van der Waals surface area contributed by atoms with Crippen LogP contribution in [0.3, 0.4) is 0 Å². The highest BCUT2D eigenvalue weighted by molar-refractivity contribution is 7.80. The van der Waals surface area contributed by atoms with Crippen LogP contribution in [0.2, 0.25) is 5.02 Å². The molecule has 2 N–H and O–H groups in total. The molecule has 0 bridgehead atoms. The molecule has 0 radical (unpaired) electrons. The number of halogens is 1. The molecular weight excluding hydrogens is 326 g/mol. The largest absolute Gasteiger partial charge is 0.327 e. The van der Waals surface area contributed by atoms with Crippen molar-refractivity contribution in [3.8, 4) is 0 Å². The van der Waals surface area contributed by atoms with Gasteiger partial charge in [0.05, 0.1) is 4.92 Å². The van der Waals surface area contributed by atoms with Gasteiger partial charge in [0.1, 0.15) is 5.69 Å². The van der Waals surface area contributed by atoms with Crippen LogP contribution < -0.4 is 10.6 Å². The highest BCUT2D eigenvalue weighted by Gasteiger charge is 2.14. The van der Waals surface area contributed by atoms with Crippen LogP contribution in [-0.2, 0) is 0 Å². The topological polar surface area (TPSA) is 84.3 Å². The van der Waals surface area contributed by atoms with E-state index in [1.807, 2.05) is 0 Å². The number of nitro benzene ring substituents is 1. The monoisotopic (exact) mass is 335 g/mol. The number of para-hydroxylation sites is 2. The fraction of sp³-hybridized carbons (Fsp3) is 0. The van der Waals surface area contributed by atoms with Crippen molar-refractivity contribution in [2.45, 2.75) is 0 Å². The second-order valence-corrected chi connectivity index (χ2v) is 5.03. The average Bonchev–Trinajstić information content (AvgIpc) is 2.48. The molecular formula is C14H10ClN3O3S. The molecule has 0 atom stereocenters. The maximum atomic E-state index is 12.0. The Bertz CT molecular complexity index is 734. The van der Waals surface area contributed by atoms with E-state index in [1.165, 1.54) is 12.1 Å². The first-order chi connectivity index (χ1) is 10.5. The number of anilines is 1. The van der Waals surface area contributed by atoms with Crippen molar-refractivity contribution in [1.29, 1.82) is 0 Å². The Morgan fingerprint density at radius 2 is 1.77 bits per heavy atom. The lowest BCUT2D eigenvalue weighted by atomic mass is 10.2. The Hall–Kier alpha value is -2.51. The number of amides is 1. The SMILES string of the molecule is O=C(NC(=S)Nc1ccccc1[N+](=O)[O-])c1ccc(Cl)cc1. The lowest BCUT2D eigenvalue weighted by Gasteiger charge is -2.09. The number of rotatable bonds is 3. The number of nitrogens with zero attached hydrogens (tertiary/aromatic N) is 1. The molecule has 0 aliphatic rings. The predicted molar refractivity (Wildman–Crippen MR) is 88.2 cm³/mol. The Balaban J connectivity index is 2.06. The summed E-state index contributed by atoms with van der Waals surface area (Å²) >= 11 is 10.7. The first kappa shape index (κ1) is 15.9. The summed E-state index contributed by atoms with van der Waals surface area (Å²) in [5, 5.41) is 16.5. The molecule has 112 valence electrons. The second-order valence-electron chi connectivity index (χ2n) is 4.19. The van der Waals surface area contributed by atoms with Crippen molar-refractivity contribution < 1.29 is 9.72 Å². The minimum absolute atomic E-state index is 0.0331. The van der Waals surface area contributed by atoms with Gasteiger partial charge in [0.25, 0.3) is 11.6 Å². The van der Waals surface area contributed by atoms with Gasteiger partial charge in [-0.2, -0.15) is 0 Å². The molecule has 8 heteroatoms. The zero-order chi connectivity index (χ0) is 16.1. The van der Waals surface area contributed by atoms with Crippen molar-refractivity contribution in [3.63, 3.8) is 0 Å². The third-order valence-corrected chi connectivity index (χ3v) is 3.14. The summed E-state index contributed by atoms with van der Waals surface area (Å²) in [6.07, 6.45) is 0. The van der Waals surface area contributed by atoms with Crippen LogP contribution in [0.15, 0.2) is 48.5 Å². The minimum atomic E-state index is -0.536. The van der Waals surface area contributed by atoms with Gasteiger partial charge < -0.3 is 5.32 Å². The molecule has 0 unspecified atom stereocenters. The molecule has 2 aromatic rings. The van der Waals surface area contributed by atoms with Gasteiger partial charge in [-0.1, -0.05) is 23.7 Å². The van der Waals surface area contributed by atoms with Crippen LogP contribution in [0.5, 0.6) is 0 Å². The van der Waals surface area contributed by atoms with Gasteiger partial charge in [0, 0.05) is 16.7 Å². The molecule has 0 fully saturated rings. The lowest BCUT2D eigenvalue weighted by molar-refractivity contribution is -0.383. The number of thiocarbonyl (C=S) groups is 1. The number of nitro groups is 1. The molecule has 0 aliphatic heterocycles.